The smallest absolute Gasteiger partial charge is 0.273 e. The van der Waals surface area contributed by atoms with Crippen LogP contribution in [0.3, 0.4) is 0 Å². The molecular formula is C27H31N5O5S. The molecule has 5 N–H and O–H groups in total. The molecule has 0 radical (unpaired) electrons. The summed E-state index contributed by atoms with van der Waals surface area (Å²) in [6.07, 6.45) is 1.70. The number of nitrogen functional groups attached to an aromatic ring is 1. The average Bonchev–Trinajstić information content (AvgIpc) is 3.56. The number of nitrogens with two attached hydrogens (primary N) is 2. The van der Waals surface area contributed by atoms with E-state index in [4.69, 9.17) is 20.9 Å². The van der Waals surface area contributed by atoms with Gasteiger partial charge in [0.25, 0.3) is 11.8 Å². The quantitative estimate of drug-likeness (QED) is 0.359. The van der Waals surface area contributed by atoms with Gasteiger partial charge in [0.15, 0.2) is 5.69 Å². The molecule has 1 aliphatic heterocycles. The van der Waals surface area contributed by atoms with E-state index < -0.39 is 23.8 Å². The van der Waals surface area contributed by atoms with E-state index >= 15 is 0 Å². The molecule has 11 heteroatoms. The normalized spacial score (nSPS) is 15.6. The molecule has 1 saturated heterocycles. The van der Waals surface area contributed by atoms with Gasteiger partial charge in [-0.1, -0.05) is 24.3 Å². The van der Waals surface area contributed by atoms with E-state index in [9.17, 15) is 14.4 Å². The van der Waals surface area contributed by atoms with Crippen molar-refractivity contribution in [2.45, 2.75) is 38.8 Å². The average molecular weight is 538 g/mol. The van der Waals surface area contributed by atoms with Crippen molar-refractivity contribution >= 4 is 40.6 Å². The molecule has 1 fully saturated rings. The summed E-state index contributed by atoms with van der Waals surface area (Å²) in [6.45, 7) is 5.24. The van der Waals surface area contributed by atoms with Gasteiger partial charge >= 0.3 is 0 Å². The second-order valence-electron chi connectivity index (χ2n) is 8.94. The van der Waals surface area contributed by atoms with E-state index in [0.29, 0.717) is 36.8 Å². The van der Waals surface area contributed by atoms with Gasteiger partial charge in [-0.25, -0.2) is 0 Å². The molecule has 10 nitrogen and oxygen atoms in total. The van der Waals surface area contributed by atoms with E-state index in [-0.39, 0.29) is 22.4 Å². The van der Waals surface area contributed by atoms with Crippen molar-refractivity contribution < 1.29 is 23.9 Å². The first kappa shape index (κ1) is 27.1. The first-order valence-electron chi connectivity index (χ1n) is 12.4. The van der Waals surface area contributed by atoms with E-state index in [2.05, 4.69) is 9.69 Å². The summed E-state index contributed by atoms with van der Waals surface area (Å²) in [7, 11) is 0. The van der Waals surface area contributed by atoms with Crippen LogP contribution < -0.4 is 26.4 Å². The van der Waals surface area contributed by atoms with E-state index in [1.807, 2.05) is 19.9 Å². The van der Waals surface area contributed by atoms with Crippen LogP contribution in [0.2, 0.25) is 0 Å². The van der Waals surface area contributed by atoms with Gasteiger partial charge in [-0.15, -0.1) is 0 Å². The van der Waals surface area contributed by atoms with Crippen LogP contribution in [-0.2, 0) is 9.53 Å². The highest BCUT2D eigenvalue weighted by atomic mass is 32.1. The fraction of sp³-hybridized carbons (Fsp3) is 0.333. The minimum atomic E-state index is -1.07. The number of rotatable bonds is 10. The van der Waals surface area contributed by atoms with Crippen molar-refractivity contribution in [2.75, 3.05) is 30.4 Å². The predicted octanol–water partition coefficient (Wildman–Crippen LogP) is 3.21. The number of benzene rings is 2. The highest BCUT2D eigenvalue weighted by Crippen LogP contribution is 2.34. The molecule has 0 spiro atoms. The topological polar surface area (TPSA) is 150 Å². The Hall–Kier alpha value is -3.96. The fourth-order valence-electron chi connectivity index (χ4n) is 4.35. The summed E-state index contributed by atoms with van der Waals surface area (Å²) in [5.41, 5.74) is 13.2. The van der Waals surface area contributed by atoms with Crippen molar-refractivity contribution in [2.24, 2.45) is 5.73 Å². The Morgan fingerprint density at radius 2 is 2.00 bits per heavy atom. The molecule has 200 valence electrons. The molecule has 0 unspecified atom stereocenters. The number of hydrogen-bond acceptors (Lipinski definition) is 8. The van der Waals surface area contributed by atoms with Crippen LogP contribution in [0.15, 0.2) is 48.5 Å². The van der Waals surface area contributed by atoms with Crippen LogP contribution in [0, 0.1) is 6.92 Å². The lowest BCUT2D eigenvalue weighted by Crippen LogP contribution is -2.45. The number of anilines is 2. The van der Waals surface area contributed by atoms with Crippen LogP contribution in [0.25, 0.3) is 0 Å². The number of carbonyl (C=O) groups excluding carboxylic acids is 3. The molecule has 0 saturated carbocycles. The first-order chi connectivity index (χ1) is 18.3. The first-order valence-corrected chi connectivity index (χ1v) is 13.1. The minimum Gasteiger partial charge on any atom is -0.494 e. The Labute approximate surface area is 225 Å². The molecule has 38 heavy (non-hydrogen) atoms. The van der Waals surface area contributed by atoms with Gasteiger partial charge in [0.05, 0.1) is 18.4 Å². The number of primary amides is 1. The molecule has 4 rings (SSSR count). The van der Waals surface area contributed by atoms with Gasteiger partial charge in [0, 0.05) is 18.8 Å². The molecule has 0 bridgehead atoms. The number of amides is 3. The molecule has 0 aliphatic carbocycles. The van der Waals surface area contributed by atoms with Gasteiger partial charge < -0.3 is 26.3 Å². The van der Waals surface area contributed by atoms with Gasteiger partial charge in [-0.3, -0.25) is 19.3 Å². The molecular weight excluding hydrogens is 506 g/mol. The van der Waals surface area contributed by atoms with E-state index in [0.717, 1.165) is 29.9 Å². The Morgan fingerprint density at radius 1 is 1.24 bits per heavy atom. The fourth-order valence-corrected chi connectivity index (χ4v) is 5.09. The lowest BCUT2D eigenvalue weighted by molar-refractivity contribution is -0.123. The van der Waals surface area contributed by atoms with Crippen molar-refractivity contribution in [1.29, 1.82) is 0 Å². The van der Waals surface area contributed by atoms with Gasteiger partial charge in [-0.2, -0.15) is 4.37 Å². The Bertz CT molecular complexity index is 1300. The largest absolute Gasteiger partial charge is 0.494 e. The minimum absolute atomic E-state index is 0.0168. The standard InChI is InChI=1S/C27H31N5O5S/c1-3-36-19-11-9-17(10-12-19)23(26(34)30-15-20-8-5-13-37-20)32(18-7-4-6-16(2)14-18)27(35)24-21(28)22(25(29)33)31-38-24/h4,6-7,9-12,14,20,23H,3,5,8,13,15,28H2,1-2H3,(H2,29,33)(H,30,34)/t20-,23-/m1/s1. The number of ether oxygens (including phenoxy) is 2. The number of nitrogens with one attached hydrogen (secondary N) is 1. The molecule has 1 aromatic heterocycles. The number of carbonyl (C=O) groups is 3. The molecule has 3 amide bonds. The van der Waals surface area contributed by atoms with Crippen molar-refractivity contribution in [3.05, 3.63) is 70.2 Å². The Kier molecular flexibility index (Phi) is 8.59. The summed E-state index contributed by atoms with van der Waals surface area (Å²) in [5.74, 6) is -1.17. The lowest BCUT2D eigenvalue weighted by atomic mass is 10.0. The van der Waals surface area contributed by atoms with Crippen LogP contribution >= 0.6 is 11.5 Å². The highest BCUT2D eigenvalue weighted by Gasteiger charge is 2.36. The maximum absolute atomic E-state index is 14.1. The lowest BCUT2D eigenvalue weighted by Gasteiger charge is -2.32. The molecule has 2 atom stereocenters. The molecule has 3 aromatic rings. The van der Waals surface area contributed by atoms with Gasteiger partial charge in [0.2, 0.25) is 5.91 Å². The Morgan fingerprint density at radius 3 is 2.61 bits per heavy atom. The number of hydrogen-bond donors (Lipinski definition) is 3. The monoisotopic (exact) mass is 537 g/mol. The zero-order valence-corrected chi connectivity index (χ0v) is 22.1. The number of aryl methyl sites for hydroxylation is 1. The van der Waals surface area contributed by atoms with Crippen molar-refractivity contribution in [1.82, 2.24) is 9.69 Å². The summed E-state index contributed by atoms with van der Waals surface area (Å²) < 4.78 is 15.2. The SMILES string of the molecule is CCOc1ccc([C@H](C(=O)NC[C@H]2CCCO2)N(C(=O)c2snc(C(N)=O)c2N)c2cccc(C)c2)cc1. The summed E-state index contributed by atoms with van der Waals surface area (Å²) in [6, 6.07) is 13.2. The van der Waals surface area contributed by atoms with E-state index in [1.54, 1.807) is 42.5 Å². The third-order valence-electron chi connectivity index (χ3n) is 6.20. The predicted molar refractivity (Wildman–Crippen MR) is 145 cm³/mol. The number of aromatic nitrogens is 1. The molecule has 2 aromatic carbocycles. The second kappa shape index (κ2) is 12.1. The third-order valence-corrected chi connectivity index (χ3v) is 7.05. The van der Waals surface area contributed by atoms with Gasteiger partial charge in [-0.05, 0) is 73.6 Å². The zero-order valence-electron chi connectivity index (χ0n) is 21.3. The van der Waals surface area contributed by atoms with E-state index in [1.165, 1.54) is 4.90 Å². The second-order valence-corrected chi connectivity index (χ2v) is 9.71. The maximum Gasteiger partial charge on any atom is 0.273 e. The Balaban J connectivity index is 1.80. The molecule has 2 heterocycles. The summed E-state index contributed by atoms with van der Waals surface area (Å²) in [4.78, 5) is 41.1. The van der Waals surface area contributed by atoms with Crippen LogP contribution in [0.1, 0.15) is 57.1 Å². The van der Waals surface area contributed by atoms with Gasteiger partial charge in [0.1, 0.15) is 16.7 Å². The highest BCUT2D eigenvalue weighted by molar-refractivity contribution is 7.09. The van der Waals surface area contributed by atoms with Crippen LogP contribution in [-0.4, -0.2) is 48.0 Å². The third kappa shape index (κ3) is 5.95. The maximum atomic E-state index is 14.1. The van der Waals surface area contributed by atoms with Crippen LogP contribution in [0.4, 0.5) is 11.4 Å². The molecule has 1 aliphatic rings. The number of nitrogens with zero attached hydrogens (tertiary/aromatic N) is 2. The summed E-state index contributed by atoms with van der Waals surface area (Å²) >= 11 is 0.768. The zero-order chi connectivity index (χ0) is 27.2. The van der Waals surface area contributed by atoms with Crippen molar-refractivity contribution in [3.63, 3.8) is 0 Å². The summed E-state index contributed by atoms with van der Waals surface area (Å²) in [5, 5.41) is 2.97. The van der Waals surface area contributed by atoms with Crippen molar-refractivity contribution in [3.8, 4) is 5.75 Å². The van der Waals surface area contributed by atoms with Crippen LogP contribution in [0.5, 0.6) is 5.75 Å².